The van der Waals surface area contributed by atoms with E-state index in [1.807, 2.05) is 50.2 Å². The molecule has 0 saturated carbocycles. The zero-order chi connectivity index (χ0) is 20.0. The lowest BCUT2D eigenvalue weighted by Gasteiger charge is -2.28. The van der Waals surface area contributed by atoms with Crippen molar-refractivity contribution in [3.8, 4) is 11.5 Å². The molecule has 0 aromatic heterocycles. The van der Waals surface area contributed by atoms with Gasteiger partial charge < -0.3 is 19.5 Å². The number of likely N-dealkylation sites (N-methyl/N-ethyl adjacent to an activating group) is 1. The predicted molar refractivity (Wildman–Crippen MR) is 106 cm³/mol. The van der Waals surface area contributed by atoms with Gasteiger partial charge in [-0.05, 0) is 41.3 Å². The summed E-state index contributed by atoms with van der Waals surface area (Å²) in [4.78, 5) is 14.7. The van der Waals surface area contributed by atoms with Crippen LogP contribution in [-0.2, 0) is 4.79 Å². The Morgan fingerprint density at radius 2 is 1.37 bits per heavy atom. The van der Waals surface area contributed by atoms with Crippen LogP contribution < -0.4 is 9.47 Å². The largest absolute Gasteiger partial charge is 0.497 e. The van der Waals surface area contributed by atoms with E-state index < -0.39 is 6.10 Å². The van der Waals surface area contributed by atoms with E-state index in [9.17, 15) is 9.90 Å². The summed E-state index contributed by atoms with van der Waals surface area (Å²) in [5.41, 5.74) is 1.70. The molecular formula is C22H29NO4. The number of carbonyl (C=O) groups excluding carboxylic acids is 1. The number of ether oxygens (including phenoxy) is 2. The Labute approximate surface area is 161 Å². The van der Waals surface area contributed by atoms with Gasteiger partial charge in [-0.3, -0.25) is 4.79 Å². The molecule has 0 heterocycles. The Morgan fingerprint density at radius 1 is 0.926 bits per heavy atom. The van der Waals surface area contributed by atoms with Gasteiger partial charge in [0, 0.05) is 7.05 Å². The van der Waals surface area contributed by atoms with Gasteiger partial charge in [0.15, 0.2) is 0 Å². The van der Waals surface area contributed by atoms with Gasteiger partial charge >= 0.3 is 0 Å². The van der Waals surface area contributed by atoms with Crippen molar-refractivity contribution in [3.63, 3.8) is 0 Å². The van der Waals surface area contributed by atoms with Gasteiger partial charge in [0.1, 0.15) is 11.5 Å². The first-order valence-electron chi connectivity index (χ1n) is 9.08. The maximum atomic E-state index is 13.1. The minimum Gasteiger partial charge on any atom is -0.497 e. The molecule has 0 aliphatic rings. The number of hydrogen-bond acceptors (Lipinski definition) is 4. The normalized spacial score (nSPS) is 13.1. The summed E-state index contributed by atoms with van der Waals surface area (Å²) in [7, 11) is 4.95. The summed E-state index contributed by atoms with van der Waals surface area (Å²) in [5.74, 6) is 1.34. The second-order valence-electron chi connectivity index (χ2n) is 7.00. The van der Waals surface area contributed by atoms with Gasteiger partial charge in [0.05, 0.1) is 32.8 Å². The maximum absolute atomic E-state index is 13.1. The quantitative estimate of drug-likeness (QED) is 0.770. The van der Waals surface area contributed by atoms with E-state index in [1.165, 1.54) is 0 Å². The average Bonchev–Trinajstić information content (AvgIpc) is 2.68. The second-order valence-corrected chi connectivity index (χ2v) is 7.00. The van der Waals surface area contributed by atoms with Gasteiger partial charge in [-0.2, -0.15) is 0 Å². The highest BCUT2D eigenvalue weighted by Crippen LogP contribution is 2.29. The molecule has 5 heteroatoms. The molecule has 2 aromatic carbocycles. The van der Waals surface area contributed by atoms with Gasteiger partial charge in [-0.1, -0.05) is 38.1 Å². The number of nitrogens with zero attached hydrogens (tertiary/aromatic N) is 1. The zero-order valence-corrected chi connectivity index (χ0v) is 16.7. The fraction of sp³-hybridized carbons (Fsp3) is 0.409. The van der Waals surface area contributed by atoms with E-state index in [0.29, 0.717) is 0 Å². The average molecular weight is 371 g/mol. The van der Waals surface area contributed by atoms with Crippen LogP contribution in [0.2, 0.25) is 0 Å². The minimum atomic E-state index is -0.756. The number of aliphatic hydroxyl groups is 1. The second kappa shape index (κ2) is 9.42. The molecule has 2 aromatic rings. The molecular weight excluding hydrogens is 342 g/mol. The van der Waals surface area contributed by atoms with E-state index in [4.69, 9.17) is 9.47 Å². The number of benzene rings is 2. The van der Waals surface area contributed by atoms with E-state index in [-0.39, 0.29) is 24.3 Å². The third kappa shape index (κ3) is 5.23. The third-order valence-electron chi connectivity index (χ3n) is 4.73. The van der Waals surface area contributed by atoms with Crippen molar-refractivity contribution in [1.82, 2.24) is 4.90 Å². The molecule has 2 atom stereocenters. The third-order valence-corrected chi connectivity index (χ3v) is 4.73. The summed E-state index contributed by atoms with van der Waals surface area (Å²) >= 11 is 0. The van der Waals surface area contributed by atoms with Gasteiger partial charge in [0.25, 0.3) is 0 Å². The summed E-state index contributed by atoms with van der Waals surface area (Å²) in [6.45, 7) is 4.28. The fourth-order valence-corrected chi connectivity index (χ4v) is 3.14. The number of aliphatic hydroxyl groups excluding tert-OH is 1. The Bertz CT molecular complexity index is 725. The Kier molecular flexibility index (Phi) is 7.25. The van der Waals surface area contributed by atoms with Gasteiger partial charge in [0.2, 0.25) is 5.91 Å². The Balaban J connectivity index is 2.11. The molecule has 27 heavy (non-hydrogen) atoms. The Morgan fingerprint density at radius 3 is 1.78 bits per heavy atom. The van der Waals surface area contributed by atoms with Crippen molar-refractivity contribution in [1.29, 1.82) is 0 Å². The van der Waals surface area contributed by atoms with Crippen molar-refractivity contribution in [2.24, 2.45) is 5.92 Å². The molecule has 0 saturated heterocycles. The van der Waals surface area contributed by atoms with E-state index in [1.54, 1.807) is 38.3 Å². The van der Waals surface area contributed by atoms with Gasteiger partial charge in [-0.15, -0.1) is 0 Å². The first-order valence-corrected chi connectivity index (χ1v) is 9.08. The van der Waals surface area contributed by atoms with Crippen molar-refractivity contribution in [2.45, 2.75) is 25.9 Å². The van der Waals surface area contributed by atoms with Crippen LogP contribution in [0, 0.1) is 5.92 Å². The number of rotatable bonds is 8. The molecule has 0 bridgehead atoms. The molecule has 0 spiro atoms. The predicted octanol–water partition coefficient (Wildman–Crippen LogP) is 3.64. The standard InChI is InChI=1S/C22H29NO4/c1-15(2)21(17-8-12-19(27-5)13-9-17)22(25)23(3)14-20(24)16-6-10-18(26-4)11-7-16/h6-13,15,20-21,24H,14H2,1-5H3. The summed E-state index contributed by atoms with van der Waals surface area (Å²) in [6, 6.07) is 14.8. The zero-order valence-electron chi connectivity index (χ0n) is 16.7. The lowest BCUT2D eigenvalue weighted by molar-refractivity contribution is -0.133. The summed E-state index contributed by atoms with van der Waals surface area (Å²) in [6.07, 6.45) is -0.756. The van der Waals surface area contributed by atoms with E-state index >= 15 is 0 Å². The number of methoxy groups -OCH3 is 2. The van der Waals surface area contributed by atoms with Crippen LogP contribution in [0.15, 0.2) is 48.5 Å². The van der Waals surface area contributed by atoms with Crippen LogP contribution in [0.3, 0.4) is 0 Å². The number of amides is 1. The van der Waals surface area contributed by atoms with Crippen LogP contribution in [0.25, 0.3) is 0 Å². The van der Waals surface area contributed by atoms with Gasteiger partial charge in [-0.25, -0.2) is 0 Å². The van der Waals surface area contributed by atoms with Crippen LogP contribution >= 0.6 is 0 Å². The highest BCUT2D eigenvalue weighted by molar-refractivity contribution is 5.84. The van der Waals surface area contributed by atoms with E-state index in [2.05, 4.69) is 0 Å². The first-order chi connectivity index (χ1) is 12.9. The fourth-order valence-electron chi connectivity index (χ4n) is 3.14. The lowest BCUT2D eigenvalue weighted by atomic mass is 9.87. The summed E-state index contributed by atoms with van der Waals surface area (Å²) in [5, 5.41) is 10.5. The minimum absolute atomic E-state index is 0.0114. The molecule has 0 aliphatic carbocycles. The number of hydrogen-bond donors (Lipinski definition) is 1. The van der Waals surface area contributed by atoms with Crippen LogP contribution in [0.1, 0.15) is 37.0 Å². The first kappa shape index (κ1) is 20.8. The topological polar surface area (TPSA) is 59.0 Å². The van der Waals surface area contributed by atoms with Crippen molar-refractivity contribution in [3.05, 3.63) is 59.7 Å². The highest BCUT2D eigenvalue weighted by atomic mass is 16.5. The molecule has 146 valence electrons. The summed E-state index contributed by atoms with van der Waals surface area (Å²) < 4.78 is 10.3. The lowest BCUT2D eigenvalue weighted by Crippen LogP contribution is -2.36. The molecule has 1 N–H and O–H groups in total. The monoisotopic (exact) mass is 371 g/mol. The Hall–Kier alpha value is -2.53. The van der Waals surface area contributed by atoms with Crippen LogP contribution in [0.5, 0.6) is 11.5 Å². The molecule has 0 radical (unpaired) electrons. The van der Waals surface area contributed by atoms with Crippen LogP contribution in [-0.4, -0.2) is 43.7 Å². The molecule has 2 unspecified atom stereocenters. The highest BCUT2D eigenvalue weighted by Gasteiger charge is 2.28. The van der Waals surface area contributed by atoms with E-state index in [0.717, 1.165) is 22.6 Å². The van der Waals surface area contributed by atoms with Crippen LogP contribution in [0.4, 0.5) is 0 Å². The SMILES string of the molecule is COc1ccc(C(O)CN(C)C(=O)C(c2ccc(OC)cc2)C(C)C)cc1. The molecule has 5 nitrogen and oxygen atoms in total. The molecule has 2 rings (SSSR count). The van der Waals surface area contributed by atoms with Crippen molar-refractivity contribution >= 4 is 5.91 Å². The van der Waals surface area contributed by atoms with Crippen molar-refractivity contribution < 1.29 is 19.4 Å². The smallest absolute Gasteiger partial charge is 0.230 e. The number of carbonyl (C=O) groups is 1. The molecule has 0 fully saturated rings. The maximum Gasteiger partial charge on any atom is 0.230 e. The molecule has 1 amide bonds. The molecule has 0 aliphatic heterocycles. The van der Waals surface area contributed by atoms with Crippen molar-refractivity contribution in [2.75, 3.05) is 27.8 Å².